The Kier molecular flexibility index (Phi) is 3.04. The third-order valence-electron chi connectivity index (χ3n) is 2.78. The molecule has 1 heterocycles. The number of hydrogen-bond acceptors (Lipinski definition) is 1. The van der Waals surface area contributed by atoms with Crippen molar-refractivity contribution in [1.82, 2.24) is 4.90 Å². The highest BCUT2D eigenvalue weighted by Crippen LogP contribution is 2.34. The molecule has 0 spiro atoms. The minimum atomic E-state index is -2.42. The van der Waals surface area contributed by atoms with Crippen LogP contribution in [-0.4, -0.2) is 30.5 Å². The van der Waals surface area contributed by atoms with Crippen molar-refractivity contribution in [2.75, 3.05) is 19.6 Å². The van der Waals surface area contributed by atoms with Crippen molar-refractivity contribution < 1.29 is 8.78 Å². The molecule has 72 valence electrons. The van der Waals surface area contributed by atoms with Crippen LogP contribution in [0, 0.1) is 5.92 Å². The van der Waals surface area contributed by atoms with Crippen LogP contribution >= 0.6 is 0 Å². The second kappa shape index (κ2) is 3.69. The minimum Gasteiger partial charge on any atom is -0.303 e. The lowest BCUT2D eigenvalue weighted by Crippen LogP contribution is -2.46. The summed E-state index contributed by atoms with van der Waals surface area (Å²) in [4.78, 5) is 2.10. The van der Waals surface area contributed by atoms with Crippen molar-refractivity contribution >= 4 is 0 Å². The van der Waals surface area contributed by atoms with E-state index in [4.69, 9.17) is 0 Å². The van der Waals surface area contributed by atoms with E-state index in [0.717, 1.165) is 6.54 Å². The van der Waals surface area contributed by atoms with Gasteiger partial charge in [-0.15, -0.1) is 0 Å². The SMILES string of the molecule is CCC1CN(CC)CCC1(F)F. The van der Waals surface area contributed by atoms with Crippen molar-refractivity contribution in [3.05, 3.63) is 0 Å². The lowest BCUT2D eigenvalue weighted by Gasteiger charge is -2.37. The van der Waals surface area contributed by atoms with E-state index in [1.54, 1.807) is 0 Å². The highest BCUT2D eigenvalue weighted by molar-refractivity contribution is 4.84. The Balaban J connectivity index is 2.54. The molecule has 1 fully saturated rings. The zero-order valence-corrected chi connectivity index (χ0v) is 7.82. The van der Waals surface area contributed by atoms with Gasteiger partial charge in [0, 0.05) is 25.4 Å². The maximum atomic E-state index is 13.2. The van der Waals surface area contributed by atoms with Gasteiger partial charge in [0.2, 0.25) is 0 Å². The van der Waals surface area contributed by atoms with Gasteiger partial charge in [0.25, 0.3) is 5.92 Å². The molecular formula is C9H17F2N. The lowest BCUT2D eigenvalue weighted by atomic mass is 9.91. The first-order valence-electron chi connectivity index (χ1n) is 4.70. The molecule has 3 heteroatoms. The zero-order valence-electron chi connectivity index (χ0n) is 7.82. The molecule has 0 bridgehead atoms. The summed E-state index contributed by atoms with van der Waals surface area (Å²) in [5.74, 6) is -2.84. The molecule has 1 aliphatic heterocycles. The number of alkyl halides is 2. The second-order valence-electron chi connectivity index (χ2n) is 3.51. The van der Waals surface area contributed by atoms with Gasteiger partial charge in [-0.2, -0.15) is 0 Å². The van der Waals surface area contributed by atoms with E-state index in [0.29, 0.717) is 19.5 Å². The molecule has 0 aromatic carbocycles. The fourth-order valence-corrected chi connectivity index (χ4v) is 1.76. The Hall–Kier alpha value is -0.180. The van der Waals surface area contributed by atoms with Gasteiger partial charge in [0.05, 0.1) is 0 Å². The van der Waals surface area contributed by atoms with Crippen LogP contribution in [-0.2, 0) is 0 Å². The lowest BCUT2D eigenvalue weighted by molar-refractivity contribution is -0.106. The zero-order chi connectivity index (χ0) is 9.19. The quantitative estimate of drug-likeness (QED) is 0.626. The molecule has 1 aliphatic rings. The molecule has 1 atom stereocenters. The summed E-state index contributed by atoms with van der Waals surface area (Å²) in [6, 6.07) is 0. The van der Waals surface area contributed by atoms with E-state index in [-0.39, 0.29) is 6.42 Å². The average molecular weight is 177 g/mol. The predicted octanol–water partition coefficient (Wildman–Crippen LogP) is 2.37. The van der Waals surface area contributed by atoms with Gasteiger partial charge in [0.1, 0.15) is 0 Å². The van der Waals surface area contributed by atoms with Gasteiger partial charge < -0.3 is 4.90 Å². The van der Waals surface area contributed by atoms with Gasteiger partial charge in [-0.3, -0.25) is 0 Å². The van der Waals surface area contributed by atoms with Crippen LogP contribution in [0.4, 0.5) is 8.78 Å². The largest absolute Gasteiger partial charge is 0.303 e. The Morgan fingerprint density at radius 1 is 1.42 bits per heavy atom. The number of piperidine rings is 1. The molecular weight excluding hydrogens is 160 g/mol. The highest BCUT2D eigenvalue weighted by Gasteiger charge is 2.42. The van der Waals surface area contributed by atoms with E-state index < -0.39 is 11.8 Å². The fourth-order valence-electron chi connectivity index (χ4n) is 1.76. The normalized spacial score (nSPS) is 30.5. The number of rotatable bonds is 2. The van der Waals surface area contributed by atoms with Crippen LogP contribution in [0.25, 0.3) is 0 Å². The molecule has 0 radical (unpaired) electrons. The summed E-state index contributed by atoms with van der Waals surface area (Å²) in [6.07, 6.45) is 0.628. The Labute approximate surface area is 72.7 Å². The molecule has 0 aromatic rings. The summed E-state index contributed by atoms with van der Waals surface area (Å²) in [7, 11) is 0. The summed E-state index contributed by atoms with van der Waals surface area (Å²) in [6.45, 7) is 5.89. The third-order valence-corrected chi connectivity index (χ3v) is 2.78. The van der Waals surface area contributed by atoms with E-state index in [1.807, 2.05) is 13.8 Å². The summed E-state index contributed by atoms with van der Waals surface area (Å²) in [5, 5.41) is 0. The van der Waals surface area contributed by atoms with Crippen LogP contribution in [0.2, 0.25) is 0 Å². The monoisotopic (exact) mass is 177 g/mol. The standard InChI is InChI=1S/C9H17F2N/c1-3-8-7-12(4-2)6-5-9(8,10)11/h8H,3-7H2,1-2H3. The third kappa shape index (κ3) is 1.94. The predicted molar refractivity (Wildman–Crippen MR) is 45.5 cm³/mol. The molecule has 12 heavy (non-hydrogen) atoms. The van der Waals surface area contributed by atoms with Crippen molar-refractivity contribution in [3.63, 3.8) is 0 Å². The molecule has 1 nitrogen and oxygen atoms in total. The Bertz CT molecular complexity index is 147. The molecule has 0 saturated carbocycles. The van der Waals surface area contributed by atoms with E-state index in [1.165, 1.54) is 0 Å². The van der Waals surface area contributed by atoms with Gasteiger partial charge in [0.15, 0.2) is 0 Å². The maximum absolute atomic E-state index is 13.2. The first-order valence-corrected chi connectivity index (χ1v) is 4.70. The molecule has 0 amide bonds. The minimum absolute atomic E-state index is 0.0410. The topological polar surface area (TPSA) is 3.24 Å². The van der Waals surface area contributed by atoms with Crippen molar-refractivity contribution in [2.24, 2.45) is 5.92 Å². The molecule has 1 unspecified atom stereocenters. The molecule has 0 N–H and O–H groups in total. The average Bonchev–Trinajstić information content (AvgIpc) is 2.04. The number of hydrogen-bond donors (Lipinski definition) is 0. The summed E-state index contributed by atoms with van der Waals surface area (Å²) in [5.41, 5.74) is 0. The van der Waals surface area contributed by atoms with Crippen LogP contribution in [0.5, 0.6) is 0 Å². The van der Waals surface area contributed by atoms with Gasteiger partial charge in [-0.05, 0) is 13.0 Å². The van der Waals surface area contributed by atoms with Gasteiger partial charge in [-0.1, -0.05) is 13.8 Å². The summed E-state index contributed by atoms with van der Waals surface area (Å²) < 4.78 is 26.3. The molecule has 0 aliphatic carbocycles. The summed E-state index contributed by atoms with van der Waals surface area (Å²) >= 11 is 0. The van der Waals surface area contributed by atoms with Crippen molar-refractivity contribution in [3.8, 4) is 0 Å². The van der Waals surface area contributed by atoms with Crippen LogP contribution < -0.4 is 0 Å². The van der Waals surface area contributed by atoms with E-state index in [2.05, 4.69) is 4.90 Å². The van der Waals surface area contributed by atoms with Gasteiger partial charge in [-0.25, -0.2) is 8.78 Å². The van der Waals surface area contributed by atoms with E-state index in [9.17, 15) is 8.78 Å². The second-order valence-corrected chi connectivity index (χ2v) is 3.51. The fraction of sp³-hybridized carbons (Fsp3) is 1.00. The van der Waals surface area contributed by atoms with Crippen LogP contribution in [0.3, 0.4) is 0 Å². The van der Waals surface area contributed by atoms with Crippen molar-refractivity contribution in [2.45, 2.75) is 32.6 Å². The molecule has 1 saturated heterocycles. The Morgan fingerprint density at radius 2 is 2.08 bits per heavy atom. The Morgan fingerprint density at radius 3 is 2.58 bits per heavy atom. The highest BCUT2D eigenvalue weighted by atomic mass is 19.3. The first kappa shape index (κ1) is 9.90. The van der Waals surface area contributed by atoms with Crippen molar-refractivity contribution in [1.29, 1.82) is 0 Å². The van der Waals surface area contributed by atoms with E-state index >= 15 is 0 Å². The number of nitrogens with zero attached hydrogens (tertiary/aromatic N) is 1. The smallest absolute Gasteiger partial charge is 0.253 e. The van der Waals surface area contributed by atoms with Crippen LogP contribution in [0.1, 0.15) is 26.7 Å². The van der Waals surface area contributed by atoms with Gasteiger partial charge >= 0.3 is 0 Å². The first-order chi connectivity index (χ1) is 5.60. The number of halogens is 2. The molecule has 1 rings (SSSR count). The molecule has 0 aromatic heterocycles. The number of likely N-dealkylation sites (tertiary alicyclic amines) is 1. The maximum Gasteiger partial charge on any atom is 0.253 e. The van der Waals surface area contributed by atoms with Crippen LogP contribution in [0.15, 0.2) is 0 Å².